The molecule has 4 heteroatoms. The Kier molecular flexibility index (Phi) is 5.98. The van der Waals surface area contributed by atoms with Crippen LogP contribution in [0.4, 0.5) is 4.39 Å². The van der Waals surface area contributed by atoms with E-state index >= 15 is 4.39 Å². The average Bonchev–Trinajstić information content (AvgIpc) is 3.24. The van der Waals surface area contributed by atoms with Gasteiger partial charge in [0.1, 0.15) is 24.0 Å². The smallest absolute Gasteiger partial charge is 0.216 e. The van der Waals surface area contributed by atoms with Crippen LogP contribution < -0.4 is 9.75 Å². The maximum absolute atomic E-state index is 16.8. The van der Waals surface area contributed by atoms with E-state index in [1.807, 2.05) is 6.07 Å². The van der Waals surface area contributed by atoms with Crippen molar-refractivity contribution >= 4 is 35.2 Å². The van der Waals surface area contributed by atoms with Crippen molar-refractivity contribution in [1.29, 1.82) is 0 Å². The Morgan fingerprint density at radius 2 is 1.48 bits per heavy atom. The summed E-state index contributed by atoms with van der Waals surface area (Å²) in [4.78, 5) is 0. The highest BCUT2D eigenvalue weighted by Gasteiger charge is 2.38. The lowest BCUT2D eigenvalue weighted by Crippen LogP contribution is -2.40. The van der Waals surface area contributed by atoms with Crippen molar-refractivity contribution in [3.63, 3.8) is 0 Å². The first kappa shape index (κ1) is 27.0. The predicted octanol–water partition coefficient (Wildman–Crippen LogP) is 9.09. The molecule has 5 aromatic rings. The number of aromatic nitrogens is 1. The van der Waals surface area contributed by atoms with Crippen LogP contribution in [0, 0.1) is 12.7 Å². The van der Waals surface area contributed by atoms with Gasteiger partial charge in [-0.1, -0.05) is 77.7 Å². The lowest BCUT2D eigenvalue weighted by molar-refractivity contribution is -0.660. The Bertz CT molecular complexity index is 1820. The Morgan fingerprint density at radius 3 is 2.15 bits per heavy atom. The van der Waals surface area contributed by atoms with Crippen molar-refractivity contribution in [2.75, 3.05) is 0 Å². The molecule has 2 nitrogen and oxygen atoms in total. The molecule has 0 fully saturated rings. The monoisotopic (exact) mass is 550 g/mol. The number of halogens is 1. The SMILES string of the molecule is Cc1ccc2c(oc3c(-c4ccc5c(c4)C(C)(C)CCC5(C)C)c(F)c([Si](C)(C)C)cc32)c1-c1cccc[n+]1C. The molecule has 0 saturated heterocycles. The summed E-state index contributed by atoms with van der Waals surface area (Å²) in [6.45, 7) is 18.1. The molecule has 0 saturated carbocycles. The summed E-state index contributed by atoms with van der Waals surface area (Å²) < 4.78 is 25.8. The molecule has 6 rings (SSSR count). The van der Waals surface area contributed by atoms with Gasteiger partial charge in [-0.05, 0) is 70.2 Å². The molecule has 0 bridgehead atoms. The summed E-state index contributed by atoms with van der Waals surface area (Å²) in [5.74, 6) is -0.123. The standard InChI is InChI=1S/C36H41FNOSi/c1-22-13-15-24-25-21-29(40(7,8)9)32(37)31(34(25)39-33(24)30(22)28-12-10-11-19-38(28)6)23-14-16-26-27(20-23)36(4,5)18-17-35(26,2)3/h10-16,19-21H,17-18H2,1-9H3/q+1. The number of nitrogens with zero attached hydrogens (tertiary/aromatic N) is 1. The van der Waals surface area contributed by atoms with Gasteiger partial charge in [-0.15, -0.1) is 0 Å². The van der Waals surface area contributed by atoms with Gasteiger partial charge in [0, 0.05) is 22.9 Å². The second-order valence-corrected chi connectivity index (χ2v) is 19.2. The highest BCUT2D eigenvalue weighted by molar-refractivity contribution is 6.89. The van der Waals surface area contributed by atoms with E-state index in [0.29, 0.717) is 11.1 Å². The Labute approximate surface area is 238 Å². The Hall–Kier alpha value is -3.24. The molecule has 0 radical (unpaired) electrons. The summed E-state index contributed by atoms with van der Waals surface area (Å²) in [6, 6.07) is 19.3. The van der Waals surface area contributed by atoms with E-state index in [-0.39, 0.29) is 16.6 Å². The fraction of sp³-hybridized carbons (Fsp3) is 0.361. The summed E-state index contributed by atoms with van der Waals surface area (Å²) in [7, 11) is 0.0384. The van der Waals surface area contributed by atoms with E-state index in [2.05, 4.69) is 121 Å². The molecular formula is C36H41FNOSi+. The van der Waals surface area contributed by atoms with Crippen molar-refractivity contribution < 1.29 is 13.4 Å². The average molecular weight is 551 g/mol. The van der Waals surface area contributed by atoms with Gasteiger partial charge >= 0.3 is 0 Å². The molecule has 0 amide bonds. The van der Waals surface area contributed by atoms with Crippen molar-refractivity contribution in [1.82, 2.24) is 0 Å². The van der Waals surface area contributed by atoms with E-state index in [1.165, 1.54) is 11.1 Å². The molecule has 3 aromatic carbocycles. The number of rotatable bonds is 3. The van der Waals surface area contributed by atoms with Gasteiger partial charge in [-0.3, -0.25) is 0 Å². The lowest BCUT2D eigenvalue weighted by Gasteiger charge is -2.42. The van der Waals surface area contributed by atoms with Crippen LogP contribution in [0.3, 0.4) is 0 Å². The van der Waals surface area contributed by atoms with Crippen LogP contribution in [0.25, 0.3) is 44.3 Å². The van der Waals surface area contributed by atoms with Gasteiger partial charge in [0.2, 0.25) is 5.69 Å². The Balaban J connectivity index is 1.74. The molecule has 0 N–H and O–H groups in total. The quantitative estimate of drug-likeness (QED) is 0.162. The zero-order valence-corrected chi connectivity index (χ0v) is 26.4. The third-order valence-electron chi connectivity index (χ3n) is 9.34. The zero-order valence-electron chi connectivity index (χ0n) is 25.4. The summed E-state index contributed by atoms with van der Waals surface area (Å²) in [5, 5.41) is 2.89. The van der Waals surface area contributed by atoms with Crippen molar-refractivity contribution in [3.05, 3.63) is 83.3 Å². The molecule has 0 spiro atoms. The normalized spacial score (nSPS) is 16.4. The largest absolute Gasteiger partial charge is 0.454 e. The lowest BCUT2D eigenvalue weighted by atomic mass is 9.63. The van der Waals surface area contributed by atoms with Gasteiger partial charge < -0.3 is 4.42 Å². The minimum absolute atomic E-state index is 0.0348. The second-order valence-electron chi connectivity index (χ2n) is 14.2. The predicted molar refractivity (Wildman–Crippen MR) is 169 cm³/mol. The van der Waals surface area contributed by atoms with Crippen LogP contribution in [0.5, 0.6) is 0 Å². The number of benzene rings is 3. The van der Waals surface area contributed by atoms with Crippen molar-refractivity contribution in [2.45, 2.75) is 77.9 Å². The van der Waals surface area contributed by atoms with Gasteiger partial charge in [0.15, 0.2) is 6.20 Å². The summed E-state index contributed by atoms with van der Waals surface area (Å²) in [6.07, 6.45) is 4.32. The van der Waals surface area contributed by atoms with E-state index in [9.17, 15) is 0 Å². The topological polar surface area (TPSA) is 17.0 Å². The molecule has 0 aliphatic heterocycles. The third-order valence-corrected chi connectivity index (χ3v) is 11.3. The number of furan rings is 1. The molecule has 0 atom stereocenters. The van der Waals surface area contributed by atoms with Crippen LogP contribution in [0.1, 0.15) is 57.2 Å². The number of hydrogen-bond acceptors (Lipinski definition) is 1. The number of hydrogen-bond donors (Lipinski definition) is 0. The van der Waals surface area contributed by atoms with Crippen LogP contribution in [-0.2, 0) is 17.9 Å². The van der Waals surface area contributed by atoms with E-state index < -0.39 is 8.07 Å². The van der Waals surface area contributed by atoms with Gasteiger partial charge in [-0.25, -0.2) is 8.96 Å². The fourth-order valence-corrected chi connectivity index (χ4v) is 8.06. The highest BCUT2D eigenvalue weighted by Crippen LogP contribution is 2.48. The first-order chi connectivity index (χ1) is 18.7. The molecule has 2 aromatic heterocycles. The minimum atomic E-state index is -2.02. The third kappa shape index (κ3) is 4.06. The molecule has 1 aliphatic carbocycles. The molecule has 2 heterocycles. The van der Waals surface area contributed by atoms with E-state index in [4.69, 9.17) is 4.42 Å². The number of aryl methyl sites for hydroxylation is 2. The summed E-state index contributed by atoms with van der Waals surface area (Å²) >= 11 is 0. The number of fused-ring (bicyclic) bond motifs is 4. The van der Waals surface area contributed by atoms with Crippen LogP contribution in [0.2, 0.25) is 19.6 Å². The summed E-state index contributed by atoms with van der Waals surface area (Å²) in [5.41, 5.74) is 9.11. The van der Waals surface area contributed by atoms with E-state index in [0.717, 1.165) is 56.8 Å². The minimum Gasteiger partial charge on any atom is -0.454 e. The second kappa shape index (κ2) is 8.88. The maximum Gasteiger partial charge on any atom is 0.216 e. The van der Waals surface area contributed by atoms with Crippen molar-refractivity contribution in [3.8, 4) is 22.4 Å². The molecule has 1 aliphatic rings. The van der Waals surface area contributed by atoms with Crippen LogP contribution >= 0.6 is 0 Å². The Morgan fingerprint density at radius 1 is 0.800 bits per heavy atom. The first-order valence-corrected chi connectivity index (χ1v) is 18.0. The van der Waals surface area contributed by atoms with Gasteiger partial charge in [0.05, 0.1) is 19.2 Å². The molecule has 40 heavy (non-hydrogen) atoms. The first-order valence-electron chi connectivity index (χ1n) is 14.5. The molecule has 0 unspecified atom stereocenters. The maximum atomic E-state index is 16.8. The highest BCUT2D eigenvalue weighted by atomic mass is 28.3. The number of pyridine rings is 1. The van der Waals surface area contributed by atoms with E-state index in [1.54, 1.807) is 0 Å². The fourth-order valence-electron chi connectivity index (χ4n) is 6.70. The van der Waals surface area contributed by atoms with Crippen LogP contribution in [-0.4, -0.2) is 8.07 Å². The zero-order chi connectivity index (χ0) is 28.8. The molecular weight excluding hydrogens is 509 g/mol. The molecule has 206 valence electrons. The van der Waals surface area contributed by atoms with Gasteiger partial charge in [0.25, 0.3) is 0 Å². The van der Waals surface area contributed by atoms with Crippen molar-refractivity contribution in [2.24, 2.45) is 7.05 Å². The van der Waals surface area contributed by atoms with Crippen LogP contribution in [0.15, 0.2) is 65.2 Å². The van der Waals surface area contributed by atoms with Gasteiger partial charge in [-0.2, -0.15) is 0 Å².